The Labute approximate surface area is 115 Å². The SMILES string of the molecule is CCCC1CN(C(C)c2ccccc2Cl)CCN1. The first-order valence-corrected chi connectivity index (χ1v) is 7.32. The number of rotatable bonds is 4. The van der Waals surface area contributed by atoms with Crippen molar-refractivity contribution in [2.45, 2.75) is 38.8 Å². The number of hydrogen-bond donors (Lipinski definition) is 1. The zero-order valence-electron chi connectivity index (χ0n) is 11.3. The molecule has 3 heteroatoms. The molecule has 1 saturated heterocycles. The zero-order chi connectivity index (χ0) is 13.0. The highest BCUT2D eigenvalue weighted by Crippen LogP contribution is 2.27. The molecule has 100 valence electrons. The highest BCUT2D eigenvalue weighted by atomic mass is 35.5. The molecule has 1 heterocycles. The molecular formula is C15H23ClN2. The quantitative estimate of drug-likeness (QED) is 0.898. The molecule has 0 aromatic heterocycles. The lowest BCUT2D eigenvalue weighted by Crippen LogP contribution is -2.51. The van der Waals surface area contributed by atoms with Gasteiger partial charge in [-0.05, 0) is 25.0 Å². The summed E-state index contributed by atoms with van der Waals surface area (Å²) in [4.78, 5) is 2.54. The number of hydrogen-bond acceptors (Lipinski definition) is 2. The number of nitrogens with one attached hydrogen (secondary N) is 1. The van der Waals surface area contributed by atoms with Gasteiger partial charge in [0.2, 0.25) is 0 Å². The Bertz CT molecular complexity index is 379. The fourth-order valence-corrected chi connectivity index (χ4v) is 3.05. The highest BCUT2D eigenvalue weighted by Gasteiger charge is 2.24. The lowest BCUT2D eigenvalue weighted by Gasteiger charge is -2.38. The fourth-order valence-electron chi connectivity index (χ4n) is 2.76. The van der Waals surface area contributed by atoms with Crippen molar-refractivity contribution >= 4 is 11.6 Å². The van der Waals surface area contributed by atoms with E-state index in [2.05, 4.69) is 36.2 Å². The summed E-state index contributed by atoms with van der Waals surface area (Å²) in [7, 11) is 0. The van der Waals surface area contributed by atoms with E-state index in [1.807, 2.05) is 12.1 Å². The largest absolute Gasteiger partial charge is 0.311 e. The molecule has 2 rings (SSSR count). The summed E-state index contributed by atoms with van der Waals surface area (Å²) in [6, 6.07) is 9.23. The summed E-state index contributed by atoms with van der Waals surface area (Å²) in [6.45, 7) is 7.82. The molecular weight excluding hydrogens is 244 g/mol. The number of halogens is 1. The van der Waals surface area contributed by atoms with Crippen LogP contribution >= 0.6 is 11.6 Å². The average molecular weight is 267 g/mol. The Kier molecular flexibility index (Phi) is 5.04. The Morgan fingerprint density at radius 2 is 2.22 bits per heavy atom. The van der Waals surface area contributed by atoms with E-state index in [9.17, 15) is 0 Å². The van der Waals surface area contributed by atoms with Gasteiger partial charge in [0.15, 0.2) is 0 Å². The van der Waals surface area contributed by atoms with Crippen LogP contribution in [0, 0.1) is 0 Å². The molecule has 0 aliphatic carbocycles. The van der Waals surface area contributed by atoms with Crippen LogP contribution in [0.2, 0.25) is 5.02 Å². The van der Waals surface area contributed by atoms with E-state index in [1.54, 1.807) is 0 Å². The first-order chi connectivity index (χ1) is 8.72. The van der Waals surface area contributed by atoms with Gasteiger partial charge in [-0.25, -0.2) is 0 Å². The molecule has 1 aliphatic heterocycles. The Balaban J connectivity index is 2.04. The van der Waals surface area contributed by atoms with Crippen molar-refractivity contribution in [1.29, 1.82) is 0 Å². The van der Waals surface area contributed by atoms with Gasteiger partial charge in [0.1, 0.15) is 0 Å². The summed E-state index contributed by atoms with van der Waals surface area (Å²) in [5.41, 5.74) is 1.25. The second-order valence-corrected chi connectivity index (χ2v) is 5.54. The van der Waals surface area contributed by atoms with Gasteiger partial charge in [-0.1, -0.05) is 43.1 Å². The molecule has 0 bridgehead atoms. The fraction of sp³-hybridized carbons (Fsp3) is 0.600. The van der Waals surface area contributed by atoms with Gasteiger partial charge in [0.05, 0.1) is 0 Å². The summed E-state index contributed by atoms with van der Waals surface area (Å²) >= 11 is 6.29. The van der Waals surface area contributed by atoms with Crippen molar-refractivity contribution in [1.82, 2.24) is 10.2 Å². The van der Waals surface area contributed by atoms with Crippen LogP contribution in [0.1, 0.15) is 38.3 Å². The summed E-state index contributed by atoms with van der Waals surface area (Å²) < 4.78 is 0. The van der Waals surface area contributed by atoms with Gasteiger partial charge in [0.25, 0.3) is 0 Å². The standard InChI is InChI=1S/C15H23ClN2/c1-3-6-13-11-18(10-9-17-13)12(2)14-7-4-5-8-15(14)16/h4-5,7-8,12-13,17H,3,6,9-11H2,1-2H3. The molecule has 18 heavy (non-hydrogen) atoms. The lowest BCUT2D eigenvalue weighted by atomic mass is 10.0. The van der Waals surface area contributed by atoms with Crippen LogP contribution in [0.25, 0.3) is 0 Å². The van der Waals surface area contributed by atoms with Crippen LogP contribution in [0.3, 0.4) is 0 Å². The predicted octanol–water partition coefficient (Wildman–Crippen LogP) is 3.47. The van der Waals surface area contributed by atoms with Crippen LogP contribution in [0.4, 0.5) is 0 Å². The normalized spacial score (nSPS) is 22.9. The number of piperazine rings is 1. The van der Waals surface area contributed by atoms with Crippen LogP contribution < -0.4 is 5.32 Å². The molecule has 1 aromatic rings. The van der Waals surface area contributed by atoms with Crippen LogP contribution in [0.5, 0.6) is 0 Å². The summed E-state index contributed by atoms with van der Waals surface area (Å²) in [5.74, 6) is 0. The van der Waals surface area contributed by atoms with Gasteiger partial charge in [0, 0.05) is 36.7 Å². The van der Waals surface area contributed by atoms with Crippen molar-refractivity contribution in [2.75, 3.05) is 19.6 Å². The van der Waals surface area contributed by atoms with E-state index in [1.165, 1.54) is 18.4 Å². The topological polar surface area (TPSA) is 15.3 Å². The molecule has 1 N–H and O–H groups in total. The van der Waals surface area contributed by atoms with E-state index < -0.39 is 0 Å². The Morgan fingerprint density at radius 3 is 2.94 bits per heavy atom. The molecule has 0 saturated carbocycles. The first kappa shape index (κ1) is 13.9. The molecule has 2 unspecified atom stereocenters. The van der Waals surface area contributed by atoms with Crippen molar-refractivity contribution in [2.24, 2.45) is 0 Å². The highest BCUT2D eigenvalue weighted by molar-refractivity contribution is 6.31. The van der Waals surface area contributed by atoms with Gasteiger partial charge >= 0.3 is 0 Å². The second kappa shape index (κ2) is 6.55. The monoisotopic (exact) mass is 266 g/mol. The number of benzene rings is 1. The average Bonchev–Trinajstić information content (AvgIpc) is 2.39. The minimum atomic E-state index is 0.403. The molecule has 2 nitrogen and oxygen atoms in total. The minimum absolute atomic E-state index is 0.403. The lowest BCUT2D eigenvalue weighted by molar-refractivity contribution is 0.149. The smallest absolute Gasteiger partial charge is 0.0453 e. The van der Waals surface area contributed by atoms with Crippen LogP contribution in [0.15, 0.2) is 24.3 Å². The second-order valence-electron chi connectivity index (χ2n) is 5.13. The van der Waals surface area contributed by atoms with Gasteiger partial charge in [-0.2, -0.15) is 0 Å². The first-order valence-electron chi connectivity index (χ1n) is 6.94. The van der Waals surface area contributed by atoms with E-state index in [4.69, 9.17) is 11.6 Å². The van der Waals surface area contributed by atoms with E-state index in [-0.39, 0.29) is 0 Å². The van der Waals surface area contributed by atoms with Crippen LogP contribution in [-0.2, 0) is 0 Å². The van der Waals surface area contributed by atoms with Crippen molar-refractivity contribution in [3.8, 4) is 0 Å². The molecule has 0 amide bonds. The maximum Gasteiger partial charge on any atom is 0.0453 e. The molecule has 0 radical (unpaired) electrons. The number of nitrogens with zero attached hydrogens (tertiary/aromatic N) is 1. The zero-order valence-corrected chi connectivity index (χ0v) is 12.1. The van der Waals surface area contributed by atoms with Gasteiger partial charge in [-0.3, -0.25) is 4.90 Å². The maximum absolute atomic E-state index is 6.29. The minimum Gasteiger partial charge on any atom is -0.311 e. The predicted molar refractivity (Wildman–Crippen MR) is 78.1 cm³/mol. The van der Waals surface area contributed by atoms with Crippen molar-refractivity contribution < 1.29 is 0 Å². The summed E-state index contributed by atoms with van der Waals surface area (Å²) in [6.07, 6.45) is 2.50. The maximum atomic E-state index is 6.29. The van der Waals surface area contributed by atoms with Crippen molar-refractivity contribution in [3.05, 3.63) is 34.9 Å². The molecule has 1 fully saturated rings. The molecule has 0 spiro atoms. The third-order valence-corrected chi connectivity index (χ3v) is 4.17. The van der Waals surface area contributed by atoms with Crippen molar-refractivity contribution in [3.63, 3.8) is 0 Å². The third kappa shape index (κ3) is 3.25. The Hall–Kier alpha value is -0.570. The molecule has 1 aromatic carbocycles. The molecule has 1 aliphatic rings. The third-order valence-electron chi connectivity index (χ3n) is 3.83. The van der Waals surface area contributed by atoms with E-state index in [0.717, 1.165) is 24.7 Å². The van der Waals surface area contributed by atoms with Gasteiger partial charge < -0.3 is 5.32 Å². The van der Waals surface area contributed by atoms with Crippen LogP contribution in [-0.4, -0.2) is 30.6 Å². The molecule has 2 atom stereocenters. The van der Waals surface area contributed by atoms with E-state index in [0.29, 0.717) is 12.1 Å². The van der Waals surface area contributed by atoms with E-state index >= 15 is 0 Å². The Morgan fingerprint density at radius 1 is 1.44 bits per heavy atom. The summed E-state index contributed by atoms with van der Waals surface area (Å²) in [5, 5.41) is 4.48. The van der Waals surface area contributed by atoms with Gasteiger partial charge in [-0.15, -0.1) is 0 Å².